The van der Waals surface area contributed by atoms with Crippen LogP contribution in [0, 0.1) is 5.41 Å². The van der Waals surface area contributed by atoms with Gasteiger partial charge in [-0.3, -0.25) is 4.79 Å². The second kappa shape index (κ2) is 2.35. The van der Waals surface area contributed by atoms with Gasteiger partial charge in [-0.1, -0.05) is 13.8 Å². The van der Waals surface area contributed by atoms with Crippen LogP contribution >= 0.6 is 0 Å². The number of carbonyl (C=O) groups is 1. The summed E-state index contributed by atoms with van der Waals surface area (Å²) >= 11 is 0. The molecule has 0 spiro atoms. The molecule has 1 aliphatic rings. The lowest BCUT2D eigenvalue weighted by molar-refractivity contribution is -0.127. The molecule has 1 rings (SSSR count). The minimum Gasteiger partial charge on any atom is -0.392 e. The average molecular weight is 142 g/mol. The van der Waals surface area contributed by atoms with Gasteiger partial charge in [0.25, 0.3) is 0 Å². The minimum atomic E-state index is -0.422. The van der Waals surface area contributed by atoms with Gasteiger partial charge in [0.15, 0.2) is 0 Å². The Morgan fingerprint density at radius 3 is 2.60 bits per heavy atom. The molecule has 2 heteroatoms. The third-order valence-corrected chi connectivity index (χ3v) is 2.37. The summed E-state index contributed by atoms with van der Waals surface area (Å²) in [6.07, 6.45) is 1.40. The highest BCUT2D eigenvalue weighted by Crippen LogP contribution is 2.33. The van der Waals surface area contributed by atoms with Crippen LogP contribution in [0.25, 0.3) is 0 Å². The second-order valence-corrected chi connectivity index (χ2v) is 3.75. The number of hydrogen-bond acceptors (Lipinski definition) is 2. The normalized spacial score (nSPS) is 32.3. The number of aliphatic hydroxyl groups is 1. The Kier molecular flexibility index (Phi) is 1.82. The molecular formula is C8H14O2. The molecule has 1 atom stereocenters. The Morgan fingerprint density at radius 1 is 1.60 bits per heavy atom. The molecule has 2 nitrogen and oxygen atoms in total. The topological polar surface area (TPSA) is 37.3 Å². The summed E-state index contributed by atoms with van der Waals surface area (Å²) in [7, 11) is 0. The number of aliphatic hydroxyl groups excluding tert-OH is 1. The van der Waals surface area contributed by atoms with E-state index in [4.69, 9.17) is 0 Å². The lowest BCUT2D eigenvalue weighted by Crippen LogP contribution is -2.36. The van der Waals surface area contributed by atoms with Gasteiger partial charge in [-0.05, 0) is 11.8 Å². The van der Waals surface area contributed by atoms with Crippen molar-refractivity contribution in [1.82, 2.24) is 0 Å². The maximum Gasteiger partial charge on any atom is 0.135 e. The fourth-order valence-electron chi connectivity index (χ4n) is 1.22. The van der Waals surface area contributed by atoms with Gasteiger partial charge in [0.05, 0.1) is 6.10 Å². The van der Waals surface area contributed by atoms with Crippen LogP contribution in [0.5, 0.6) is 0 Å². The first-order chi connectivity index (χ1) is 4.52. The third kappa shape index (κ3) is 1.37. The molecule has 10 heavy (non-hydrogen) atoms. The predicted octanol–water partition coefficient (Wildman–Crippen LogP) is 1.13. The van der Waals surface area contributed by atoms with Crippen LogP contribution in [0.15, 0.2) is 0 Å². The van der Waals surface area contributed by atoms with E-state index in [9.17, 15) is 9.90 Å². The summed E-state index contributed by atoms with van der Waals surface area (Å²) < 4.78 is 0. The summed E-state index contributed by atoms with van der Waals surface area (Å²) in [6, 6.07) is 0. The minimum absolute atomic E-state index is 0.0477. The number of hydrogen-bond donors (Lipinski definition) is 1. The Hall–Kier alpha value is -0.370. The Balaban J connectivity index is 2.60. The van der Waals surface area contributed by atoms with Crippen LogP contribution in [0.4, 0.5) is 0 Å². The standard InChI is InChI=1S/C8H14O2/c1-8(2)4-3-6(9)5-7(8)10/h7,10H,3-5H2,1-2H3/t7-/m1/s1. The second-order valence-electron chi connectivity index (χ2n) is 3.75. The van der Waals surface area contributed by atoms with Gasteiger partial charge in [-0.15, -0.1) is 0 Å². The molecule has 0 heterocycles. The van der Waals surface area contributed by atoms with Crippen molar-refractivity contribution < 1.29 is 9.90 Å². The average Bonchev–Trinajstić information content (AvgIpc) is 1.81. The summed E-state index contributed by atoms with van der Waals surface area (Å²) in [5.74, 6) is 0.201. The lowest BCUT2D eigenvalue weighted by atomic mass is 9.75. The largest absolute Gasteiger partial charge is 0.392 e. The van der Waals surface area contributed by atoms with Crippen LogP contribution in [-0.2, 0) is 4.79 Å². The lowest BCUT2D eigenvalue weighted by Gasteiger charge is -2.33. The van der Waals surface area contributed by atoms with E-state index in [-0.39, 0.29) is 11.2 Å². The highest BCUT2D eigenvalue weighted by Gasteiger charge is 2.33. The van der Waals surface area contributed by atoms with E-state index in [0.717, 1.165) is 6.42 Å². The van der Waals surface area contributed by atoms with Crippen molar-refractivity contribution in [2.24, 2.45) is 5.41 Å². The zero-order valence-electron chi connectivity index (χ0n) is 6.55. The van der Waals surface area contributed by atoms with Gasteiger partial charge >= 0.3 is 0 Å². The van der Waals surface area contributed by atoms with Gasteiger partial charge in [-0.2, -0.15) is 0 Å². The third-order valence-electron chi connectivity index (χ3n) is 2.37. The molecule has 0 amide bonds. The van der Waals surface area contributed by atoms with Gasteiger partial charge in [0.1, 0.15) is 5.78 Å². The van der Waals surface area contributed by atoms with E-state index in [1.807, 2.05) is 13.8 Å². The van der Waals surface area contributed by atoms with E-state index in [1.165, 1.54) is 0 Å². The fraction of sp³-hybridized carbons (Fsp3) is 0.875. The molecular weight excluding hydrogens is 128 g/mol. The van der Waals surface area contributed by atoms with Crippen LogP contribution in [0.2, 0.25) is 0 Å². The first-order valence-electron chi connectivity index (χ1n) is 3.72. The molecule has 0 aromatic heterocycles. The molecule has 0 saturated heterocycles. The highest BCUT2D eigenvalue weighted by molar-refractivity contribution is 5.79. The number of rotatable bonds is 0. The van der Waals surface area contributed by atoms with Gasteiger partial charge in [0.2, 0.25) is 0 Å². The number of Topliss-reactive ketones (excluding diaryl/α,β-unsaturated/α-hetero) is 1. The molecule has 0 radical (unpaired) electrons. The monoisotopic (exact) mass is 142 g/mol. The first kappa shape index (κ1) is 7.73. The van der Waals surface area contributed by atoms with E-state index in [2.05, 4.69) is 0 Å². The van der Waals surface area contributed by atoms with Crippen molar-refractivity contribution in [2.45, 2.75) is 39.2 Å². The summed E-state index contributed by atoms with van der Waals surface area (Å²) in [4.78, 5) is 10.8. The van der Waals surface area contributed by atoms with Crippen molar-refractivity contribution in [2.75, 3.05) is 0 Å². The number of carbonyl (C=O) groups excluding carboxylic acids is 1. The molecule has 0 aliphatic heterocycles. The van der Waals surface area contributed by atoms with Gasteiger partial charge in [-0.25, -0.2) is 0 Å². The Labute approximate surface area is 61.2 Å². The van der Waals surface area contributed by atoms with Crippen molar-refractivity contribution in [3.05, 3.63) is 0 Å². The maximum atomic E-state index is 10.8. The number of ketones is 1. The summed E-state index contributed by atoms with van der Waals surface area (Å²) in [5, 5.41) is 9.39. The van der Waals surface area contributed by atoms with E-state index < -0.39 is 6.10 Å². The van der Waals surface area contributed by atoms with E-state index in [1.54, 1.807) is 0 Å². The van der Waals surface area contributed by atoms with Gasteiger partial charge < -0.3 is 5.11 Å². The predicted molar refractivity (Wildman–Crippen MR) is 38.6 cm³/mol. The SMILES string of the molecule is CC1(C)CCC(=O)C[C@H]1O. The Morgan fingerprint density at radius 2 is 2.20 bits per heavy atom. The van der Waals surface area contributed by atoms with E-state index >= 15 is 0 Å². The Bertz CT molecular complexity index is 149. The summed E-state index contributed by atoms with van der Waals surface area (Å²) in [6.45, 7) is 4.01. The van der Waals surface area contributed by atoms with Crippen LogP contribution in [-0.4, -0.2) is 17.0 Å². The van der Waals surface area contributed by atoms with Crippen LogP contribution in [0.1, 0.15) is 33.1 Å². The molecule has 1 N–H and O–H groups in total. The smallest absolute Gasteiger partial charge is 0.135 e. The zero-order chi connectivity index (χ0) is 7.78. The van der Waals surface area contributed by atoms with Crippen molar-refractivity contribution >= 4 is 5.78 Å². The highest BCUT2D eigenvalue weighted by atomic mass is 16.3. The van der Waals surface area contributed by atoms with E-state index in [0.29, 0.717) is 12.8 Å². The zero-order valence-corrected chi connectivity index (χ0v) is 6.55. The van der Waals surface area contributed by atoms with Gasteiger partial charge in [0, 0.05) is 12.8 Å². The molecule has 0 bridgehead atoms. The molecule has 1 aliphatic carbocycles. The first-order valence-corrected chi connectivity index (χ1v) is 3.72. The molecule has 1 saturated carbocycles. The molecule has 0 aromatic carbocycles. The fourth-order valence-corrected chi connectivity index (χ4v) is 1.22. The summed E-state index contributed by atoms with van der Waals surface area (Å²) in [5.41, 5.74) is -0.0477. The van der Waals surface area contributed by atoms with Crippen molar-refractivity contribution in [1.29, 1.82) is 0 Å². The molecule has 58 valence electrons. The van der Waals surface area contributed by atoms with Crippen LogP contribution < -0.4 is 0 Å². The molecule has 0 unspecified atom stereocenters. The molecule has 0 aromatic rings. The van der Waals surface area contributed by atoms with Crippen molar-refractivity contribution in [3.63, 3.8) is 0 Å². The molecule has 1 fully saturated rings. The van der Waals surface area contributed by atoms with Crippen molar-refractivity contribution in [3.8, 4) is 0 Å². The maximum absolute atomic E-state index is 10.8. The quantitative estimate of drug-likeness (QED) is 0.550. The van der Waals surface area contributed by atoms with Crippen LogP contribution in [0.3, 0.4) is 0 Å².